The molecule has 0 fully saturated rings. The molecule has 3 nitrogen and oxygen atoms in total. The van der Waals surface area contributed by atoms with Crippen LogP contribution in [0.4, 0.5) is 0 Å². The zero-order chi connectivity index (χ0) is 12.5. The van der Waals surface area contributed by atoms with Crippen LogP contribution in [0.2, 0.25) is 0 Å². The molecule has 3 heteroatoms. The van der Waals surface area contributed by atoms with E-state index in [1.54, 1.807) is 6.20 Å². The van der Waals surface area contributed by atoms with E-state index in [0.29, 0.717) is 5.56 Å². The largest absolute Gasteiger partial charge is 0.311 e. The summed E-state index contributed by atoms with van der Waals surface area (Å²) in [6, 6.07) is 15.9. The van der Waals surface area contributed by atoms with Crippen LogP contribution < -0.4 is 0 Å². The number of rotatable bonds is 1. The van der Waals surface area contributed by atoms with Gasteiger partial charge in [-0.2, -0.15) is 5.26 Å². The molecule has 0 aliphatic rings. The Labute approximate surface area is 105 Å². The molecule has 0 N–H and O–H groups in total. The quantitative estimate of drug-likeness (QED) is 0.647. The van der Waals surface area contributed by atoms with Crippen LogP contribution in [-0.4, -0.2) is 9.38 Å². The van der Waals surface area contributed by atoms with Crippen LogP contribution in [0.15, 0.2) is 48.7 Å². The first-order valence-corrected chi connectivity index (χ1v) is 5.74. The van der Waals surface area contributed by atoms with Crippen molar-refractivity contribution in [3.05, 3.63) is 59.9 Å². The summed E-state index contributed by atoms with van der Waals surface area (Å²) in [5.74, 6) is 0. The van der Waals surface area contributed by atoms with Crippen molar-refractivity contribution in [3.63, 3.8) is 0 Å². The van der Waals surface area contributed by atoms with Gasteiger partial charge in [-0.3, -0.25) is 4.98 Å². The fraction of sp³-hybridized carbons (Fsp3) is 0.0667. The summed E-state index contributed by atoms with van der Waals surface area (Å²) in [5, 5.41) is 9.28. The Morgan fingerprint density at radius 3 is 2.78 bits per heavy atom. The smallest absolute Gasteiger partial charge is 0.101 e. The maximum absolute atomic E-state index is 9.28. The molecule has 0 spiro atoms. The van der Waals surface area contributed by atoms with Crippen LogP contribution in [0, 0.1) is 18.3 Å². The van der Waals surface area contributed by atoms with Crippen LogP contribution in [0.25, 0.3) is 16.9 Å². The van der Waals surface area contributed by atoms with E-state index >= 15 is 0 Å². The zero-order valence-electron chi connectivity index (χ0n) is 9.96. The molecule has 3 heterocycles. The predicted octanol–water partition coefficient (Wildman–Crippen LogP) is 3.18. The van der Waals surface area contributed by atoms with Gasteiger partial charge >= 0.3 is 0 Å². The van der Waals surface area contributed by atoms with E-state index in [4.69, 9.17) is 0 Å². The lowest BCUT2D eigenvalue weighted by Gasteiger charge is -2.06. The average molecular weight is 233 g/mol. The first kappa shape index (κ1) is 10.5. The number of hydrogen-bond donors (Lipinski definition) is 0. The normalized spacial score (nSPS) is 10.4. The second kappa shape index (κ2) is 4.01. The Morgan fingerprint density at radius 2 is 2.06 bits per heavy atom. The van der Waals surface area contributed by atoms with E-state index in [1.807, 2.05) is 49.4 Å². The molecule has 3 rings (SSSR count). The zero-order valence-corrected chi connectivity index (χ0v) is 9.96. The van der Waals surface area contributed by atoms with Gasteiger partial charge in [0.2, 0.25) is 0 Å². The summed E-state index contributed by atoms with van der Waals surface area (Å²) >= 11 is 0. The molecule has 0 saturated heterocycles. The molecule has 0 unspecified atom stereocenters. The number of aromatic nitrogens is 2. The second-order valence-corrected chi connectivity index (χ2v) is 4.16. The highest BCUT2D eigenvalue weighted by Gasteiger charge is 2.13. The Bertz CT molecular complexity index is 748. The minimum atomic E-state index is 0.656. The lowest BCUT2D eigenvalue weighted by molar-refractivity contribution is 1.09. The number of pyridine rings is 2. The van der Waals surface area contributed by atoms with E-state index in [-0.39, 0.29) is 0 Å². The van der Waals surface area contributed by atoms with Gasteiger partial charge in [-0.15, -0.1) is 0 Å². The number of aryl methyl sites for hydroxylation is 1. The molecule has 0 aliphatic heterocycles. The van der Waals surface area contributed by atoms with Crippen LogP contribution >= 0.6 is 0 Å². The van der Waals surface area contributed by atoms with Gasteiger partial charge in [0.15, 0.2) is 0 Å². The summed E-state index contributed by atoms with van der Waals surface area (Å²) in [7, 11) is 0. The molecule has 3 aromatic rings. The Morgan fingerprint density at radius 1 is 1.17 bits per heavy atom. The minimum absolute atomic E-state index is 0.656. The van der Waals surface area contributed by atoms with E-state index in [1.165, 1.54) is 0 Å². The SMILES string of the molecule is Cc1cccc2cc(C#N)c(-c3ccccn3)n12. The fourth-order valence-electron chi connectivity index (χ4n) is 2.23. The molecule has 18 heavy (non-hydrogen) atoms. The third kappa shape index (κ3) is 1.47. The van der Waals surface area contributed by atoms with Gasteiger partial charge in [0.25, 0.3) is 0 Å². The van der Waals surface area contributed by atoms with Gasteiger partial charge in [0.1, 0.15) is 6.07 Å². The van der Waals surface area contributed by atoms with E-state index in [9.17, 15) is 5.26 Å². The maximum atomic E-state index is 9.28. The Hall–Kier alpha value is -2.60. The first-order valence-electron chi connectivity index (χ1n) is 5.74. The van der Waals surface area contributed by atoms with Crippen molar-refractivity contribution in [2.24, 2.45) is 0 Å². The molecule has 0 saturated carbocycles. The predicted molar refractivity (Wildman–Crippen MR) is 70.1 cm³/mol. The average Bonchev–Trinajstić information content (AvgIpc) is 2.79. The van der Waals surface area contributed by atoms with Gasteiger partial charge in [0.05, 0.1) is 17.0 Å². The maximum Gasteiger partial charge on any atom is 0.101 e. The van der Waals surface area contributed by atoms with Crippen molar-refractivity contribution in [1.29, 1.82) is 5.26 Å². The highest BCUT2D eigenvalue weighted by molar-refractivity contribution is 5.73. The van der Waals surface area contributed by atoms with E-state index < -0.39 is 0 Å². The molecular formula is C15H11N3. The molecule has 0 atom stereocenters. The van der Waals surface area contributed by atoms with Gasteiger partial charge < -0.3 is 4.40 Å². The lowest BCUT2D eigenvalue weighted by Crippen LogP contribution is -1.95. The third-order valence-electron chi connectivity index (χ3n) is 3.01. The Kier molecular flexibility index (Phi) is 2.35. The Balaban J connectivity index is 2.44. The topological polar surface area (TPSA) is 41.1 Å². The van der Waals surface area contributed by atoms with Gasteiger partial charge in [0, 0.05) is 17.4 Å². The van der Waals surface area contributed by atoms with Crippen LogP contribution in [0.1, 0.15) is 11.3 Å². The second-order valence-electron chi connectivity index (χ2n) is 4.16. The van der Waals surface area contributed by atoms with Crippen molar-refractivity contribution in [2.75, 3.05) is 0 Å². The molecule has 0 aromatic carbocycles. The fourth-order valence-corrected chi connectivity index (χ4v) is 2.23. The van der Waals surface area contributed by atoms with Crippen LogP contribution in [0.5, 0.6) is 0 Å². The van der Waals surface area contributed by atoms with Crippen molar-refractivity contribution in [1.82, 2.24) is 9.38 Å². The number of nitrogens with zero attached hydrogens (tertiary/aromatic N) is 3. The number of fused-ring (bicyclic) bond motifs is 1. The van der Waals surface area contributed by atoms with Gasteiger partial charge in [-0.05, 0) is 37.3 Å². The van der Waals surface area contributed by atoms with Crippen molar-refractivity contribution < 1.29 is 0 Å². The summed E-state index contributed by atoms with van der Waals surface area (Å²) in [4.78, 5) is 4.35. The van der Waals surface area contributed by atoms with Gasteiger partial charge in [-0.1, -0.05) is 12.1 Å². The monoisotopic (exact) mass is 233 g/mol. The summed E-state index contributed by atoms with van der Waals surface area (Å²) in [6.07, 6.45) is 1.74. The first-order chi connectivity index (χ1) is 8.81. The summed E-state index contributed by atoms with van der Waals surface area (Å²) in [6.45, 7) is 2.03. The highest BCUT2D eigenvalue weighted by atomic mass is 14.9. The van der Waals surface area contributed by atoms with E-state index in [0.717, 1.165) is 22.6 Å². The molecule has 3 aromatic heterocycles. The number of nitriles is 1. The van der Waals surface area contributed by atoms with Crippen molar-refractivity contribution in [3.8, 4) is 17.5 Å². The van der Waals surface area contributed by atoms with Gasteiger partial charge in [-0.25, -0.2) is 0 Å². The van der Waals surface area contributed by atoms with E-state index in [2.05, 4.69) is 15.5 Å². The molecule has 0 aliphatic carbocycles. The van der Waals surface area contributed by atoms with Crippen LogP contribution in [0.3, 0.4) is 0 Å². The molecule has 0 amide bonds. The van der Waals surface area contributed by atoms with Crippen LogP contribution in [-0.2, 0) is 0 Å². The molecule has 86 valence electrons. The minimum Gasteiger partial charge on any atom is -0.311 e. The highest BCUT2D eigenvalue weighted by Crippen LogP contribution is 2.26. The number of hydrogen-bond acceptors (Lipinski definition) is 2. The van der Waals surface area contributed by atoms with Crippen molar-refractivity contribution >= 4 is 5.52 Å². The standard InChI is InChI=1S/C15H11N3/c1-11-5-4-6-13-9-12(10-16)15(18(11)13)14-7-2-3-8-17-14/h2-9H,1H3. The molecule has 0 bridgehead atoms. The molecular weight excluding hydrogens is 222 g/mol. The summed E-state index contributed by atoms with van der Waals surface area (Å²) < 4.78 is 2.07. The summed E-state index contributed by atoms with van der Waals surface area (Å²) in [5.41, 5.74) is 4.46. The lowest BCUT2D eigenvalue weighted by atomic mass is 10.2. The third-order valence-corrected chi connectivity index (χ3v) is 3.01. The molecule has 0 radical (unpaired) electrons. The van der Waals surface area contributed by atoms with Crippen molar-refractivity contribution in [2.45, 2.75) is 6.92 Å².